The summed E-state index contributed by atoms with van der Waals surface area (Å²) in [6.07, 6.45) is 0. The molecule has 0 radical (unpaired) electrons. The summed E-state index contributed by atoms with van der Waals surface area (Å²) in [5.74, 6) is -0.0947. The van der Waals surface area contributed by atoms with Crippen LogP contribution in [-0.4, -0.2) is 56.7 Å². The molecule has 1 aliphatic rings. The van der Waals surface area contributed by atoms with Crippen molar-refractivity contribution in [1.82, 2.24) is 24.6 Å². The Bertz CT molecular complexity index is 1090. The maximum absolute atomic E-state index is 13.2. The molecule has 7 nitrogen and oxygen atoms in total. The fraction of sp³-hybridized carbons (Fsp3) is 0.381. The number of aromatic amines is 1. The molecule has 0 saturated carbocycles. The zero-order chi connectivity index (χ0) is 19.8. The number of nitrogens with one attached hydrogen (secondary N) is 1. The summed E-state index contributed by atoms with van der Waals surface area (Å²) in [5.41, 5.74) is 4.03. The van der Waals surface area contributed by atoms with Crippen LogP contribution in [0.5, 0.6) is 0 Å². The van der Waals surface area contributed by atoms with E-state index >= 15 is 0 Å². The van der Waals surface area contributed by atoms with Crippen LogP contribution in [0.2, 0.25) is 0 Å². The molecule has 3 heterocycles. The predicted octanol–water partition coefficient (Wildman–Crippen LogP) is 1.84. The molecular weight excluding hydrogens is 354 g/mol. The predicted molar refractivity (Wildman–Crippen MR) is 108 cm³/mol. The number of benzene rings is 1. The monoisotopic (exact) mass is 379 g/mol. The van der Waals surface area contributed by atoms with Gasteiger partial charge in [0.2, 0.25) is 0 Å². The second-order valence-corrected chi connectivity index (χ2v) is 7.50. The van der Waals surface area contributed by atoms with Crippen LogP contribution in [0.25, 0.3) is 11.0 Å². The van der Waals surface area contributed by atoms with E-state index in [1.807, 2.05) is 11.8 Å². The molecule has 1 amide bonds. The molecular formula is C21H25N5O2. The maximum atomic E-state index is 13.2. The van der Waals surface area contributed by atoms with Gasteiger partial charge in [-0.15, -0.1) is 0 Å². The van der Waals surface area contributed by atoms with Crippen molar-refractivity contribution in [2.24, 2.45) is 7.05 Å². The molecule has 0 atom stereocenters. The van der Waals surface area contributed by atoms with Crippen LogP contribution in [0, 0.1) is 13.8 Å². The summed E-state index contributed by atoms with van der Waals surface area (Å²) in [4.78, 5) is 34.1. The van der Waals surface area contributed by atoms with E-state index < -0.39 is 0 Å². The molecule has 1 saturated heterocycles. The average Bonchev–Trinajstić information content (AvgIpc) is 2.97. The second-order valence-electron chi connectivity index (χ2n) is 7.50. The number of nitrogens with zero attached hydrogens (tertiary/aromatic N) is 4. The Morgan fingerprint density at radius 1 is 1.14 bits per heavy atom. The van der Waals surface area contributed by atoms with Crippen molar-refractivity contribution in [3.05, 3.63) is 63.1 Å². The number of carbonyl (C=O) groups excluding carboxylic acids is 1. The van der Waals surface area contributed by atoms with Crippen LogP contribution >= 0.6 is 0 Å². The lowest BCUT2D eigenvalue weighted by atomic mass is 10.1. The van der Waals surface area contributed by atoms with E-state index in [2.05, 4.69) is 46.2 Å². The highest BCUT2D eigenvalue weighted by Crippen LogP contribution is 2.18. The number of aromatic nitrogens is 3. The number of pyridine rings is 1. The number of aryl methyl sites for hydroxylation is 3. The summed E-state index contributed by atoms with van der Waals surface area (Å²) in [7, 11) is 1.73. The summed E-state index contributed by atoms with van der Waals surface area (Å²) >= 11 is 0. The van der Waals surface area contributed by atoms with Gasteiger partial charge in [0.25, 0.3) is 11.5 Å². The van der Waals surface area contributed by atoms with Gasteiger partial charge in [-0.1, -0.05) is 24.3 Å². The normalized spacial score (nSPS) is 15.3. The Labute approximate surface area is 163 Å². The SMILES string of the molecule is Cc1cc(C(=O)N2CCN(Cc3ccccc3C)CC2)c2c(=O)[nH]n(C)c2n1. The standard InChI is InChI=1S/C21H25N5O2/c1-14-6-4-5-7-16(14)13-25-8-10-26(11-9-25)21(28)17-12-15(2)22-19-18(17)20(27)23-24(19)3/h4-7,12H,8-11,13H2,1-3H3,(H,23,27). The molecule has 0 aliphatic carbocycles. The number of amides is 1. The van der Waals surface area contributed by atoms with Crippen LogP contribution in [0.3, 0.4) is 0 Å². The molecule has 0 spiro atoms. The van der Waals surface area contributed by atoms with E-state index in [0.29, 0.717) is 29.7 Å². The minimum atomic E-state index is -0.272. The van der Waals surface area contributed by atoms with E-state index in [4.69, 9.17) is 0 Å². The van der Waals surface area contributed by atoms with Crippen molar-refractivity contribution in [1.29, 1.82) is 0 Å². The fourth-order valence-corrected chi connectivity index (χ4v) is 3.86. The molecule has 7 heteroatoms. The van der Waals surface area contributed by atoms with Crippen molar-refractivity contribution < 1.29 is 4.79 Å². The van der Waals surface area contributed by atoms with Gasteiger partial charge in [-0.25, -0.2) is 4.98 Å². The summed E-state index contributed by atoms with van der Waals surface area (Å²) < 4.78 is 1.57. The van der Waals surface area contributed by atoms with Crippen LogP contribution in [0.1, 0.15) is 27.2 Å². The number of rotatable bonds is 3. The largest absolute Gasteiger partial charge is 0.336 e. The topological polar surface area (TPSA) is 74.2 Å². The number of hydrogen-bond donors (Lipinski definition) is 1. The molecule has 146 valence electrons. The Balaban J connectivity index is 1.51. The first-order chi connectivity index (χ1) is 13.4. The van der Waals surface area contributed by atoms with Crippen molar-refractivity contribution in [3.8, 4) is 0 Å². The number of piperazine rings is 1. The van der Waals surface area contributed by atoms with Gasteiger partial charge in [-0.3, -0.25) is 24.3 Å². The second kappa shape index (κ2) is 7.24. The molecule has 28 heavy (non-hydrogen) atoms. The molecule has 1 aromatic carbocycles. The quantitative estimate of drug-likeness (QED) is 0.754. The first-order valence-electron chi connectivity index (χ1n) is 9.56. The Morgan fingerprint density at radius 3 is 2.57 bits per heavy atom. The lowest BCUT2D eigenvalue weighted by molar-refractivity contribution is 0.0630. The zero-order valence-electron chi connectivity index (χ0n) is 16.5. The Kier molecular flexibility index (Phi) is 4.77. The van der Waals surface area contributed by atoms with Crippen molar-refractivity contribution in [3.63, 3.8) is 0 Å². The minimum absolute atomic E-state index is 0.0947. The highest BCUT2D eigenvalue weighted by molar-refractivity contribution is 6.05. The zero-order valence-corrected chi connectivity index (χ0v) is 16.5. The number of carbonyl (C=O) groups is 1. The lowest BCUT2D eigenvalue weighted by Crippen LogP contribution is -2.48. The van der Waals surface area contributed by atoms with E-state index in [0.717, 1.165) is 25.3 Å². The lowest BCUT2D eigenvalue weighted by Gasteiger charge is -2.35. The van der Waals surface area contributed by atoms with Gasteiger partial charge in [0.05, 0.1) is 10.9 Å². The highest BCUT2D eigenvalue weighted by Gasteiger charge is 2.26. The van der Waals surface area contributed by atoms with Gasteiger partial charge in [0, 0.05) is 45.5 Å². The van der Waals surface area contributed by atoms with Gasteiger partial charge < -0.3 is 4.90 Å². The minimum Gasteiger partial charge on any atom is -0.336 e. The van der Waals surface area contributed by atoms with E-state index in [-0.39, 0.29) is 11.5 Å². The maximum Gasteiger partial charge on any atom is 0.274 e. The van der Waals surface area contributed by atoms with Crippen molar-refractivity contribution in [2.75, 3.05) is 26.2 Å². The highest BCUT2D eigenvalue weighted by atomic mass is 16.2. The van der Waals surface area contributed by atoms with E-state index in [9.17, 15) is 9.59 Å². The van der Waals surface area contributed by atoms with Gasteiger partial charge >= 0.3 is 0 Å². The van der Waals surface area contributed by atoms with E-state index in [1.54, 1.807) is 17.8 Å². The third-order valence-corrected chi connectivity index (χ3v) is 5.49. The molecule has 0 unspecified atom stereocenters. The number of hydrogen-bond acceptors (Lipinski definition) is 4. The fourth-order valence-electron chi connectivity index (χ4n) is 3.86. The van der Waals surface area contributed by atoms with Crippen LogP contribution < -0.4 is 5.56 Å². The van der Waals surface area contributed by atoms with Crippen LogP contribution in [0.15, 0.2) is 35.1 Å². The Hall–Kier alpha value is -2.93. The summed E-state index contributed by atoms with van der Waals surface area (Å²) in [5, 5.41) is 3.08. The van der Waals surface area contributed by atoms with Gasteiger partial charge in [0.15, 0.2) is 5.65 Å². The third kappa shape index (κ3) is 3.33. The summed E-state index contributed by atoms with van der Waals surface area (Å²) in [6, 6.07) is 10.1. The van der Waals surface area contributed by atoms with Crippen LogP contribution in [-0.2, 0) is 13.6 Å². The number of H-pyrrole nitrogens is 1. The molecule has 1 aliphatic heterocycles. The molecule has 2 aromatic heterocycles. The van der Waals surface area contributed by atoms with Gasteiger partial charge in [0.1, 0.15) is 0 Å². The van der Waals surface area contributed by atoms with Gasteiger partial charge in [-0.2, -0.15) is 0 Å². The summed E-state index contributed by atoms with van der Waals surface area (Å²) in [6.45, 7) is 7.80. The molecule has 0 bridgehead atoms. The molecule has 1 fully saturated rings. The van der Waals surface area contributed by atoms with Gasteiger partial charge in [-0.05, 0) is 31.0 Å². The Morgan fingerprint density at radius 2 is 1.86 bits per heavy atom. The number of fused-ring (bicyclic) bond motifs is 1. The molecule has 4 rings (SSSR count). The van der Waals surface area contributed by atoms with Crippen LogP contribution in [0.4, 0.5) is 0 Å². The van der Waals surface area contributed by atoms with E-state index in [1.165, 1.54) is 11.1 Å². The van der Waals surface area contributed by atoms with Crippen molar-refractivity contribution in [2.45, 2.75) is 20.4 Å². The first kappa shape index (κ1) is 18.4. The first-order valence-corrected chi connectivity index (χ1v) is 9.56. The molecule has 3 aromatic rings. The van der Waals surface area contributed by atoms with Crippen molar-refractivity contribution >= 4 is 16.9 Å². The average molecular weight is 379 g/mol. The molecule has 1 N–H and O–H groups in total. The smallest absolute Gasteiger partial charge is 0.274 e. The third-order valence-electron chi connectivity index (χ3n) is 5.49.